The molecule has 4 rings (SSSR count). The molecule has 0 amide bonds. The molecule has 0 radical (unpaired) electrons. The third kappa shape index (κ3) is 3.90. The second kappa shape index (κ2) is 7.79. The van der Waals surface area contributed by atoms with Crippen LogP contribution in [-0.2, 0) is 0 Å². The van der Waals surface area contributed by atoms with Crippen LogP contribution in [0, 0.1) is 17.2 Å². The average Bonchev–Trinajstić information content (AvgIpc) is 2.68. The molecule has 2 N–H and O–H groups in total. The minimum Gasteiger partial charge on any atom is -0.393 e. The average molecular weight is 365 g/mol. The summed E-state index contributed by atoms with van der Waals surface area (Å²) in [5, 5.41) is 22.9. The fourth-order valence-electron chi connectivity index (χ4n) is 4.63. The number of piperidine rings is 1. The van der Waals surface area contributed by atoms with E-state index >= 15 is 0 Å². The van der Waals surface area contributed by atoms with E-state index in [9.17, 15) is 10.4 Å². The molecule has 1 saturated heterocycles. The van der Waals surface area contributed by atoms with Crippen LogP contribution in [0.4, 0.5) is 5.69 Å². The first kappa shape index (κ1) is 18.1. The summed E-state index contributed by atoms with van der Waals surface area (Å²) in [6.45, 7) is 4.21. The Morgan fingerprint density at radius 1 is 1.07 bits per heavy atom. The first-order chi connectivity index (χ1) is 13.1. The van der Waals surface area contributed by atoms with Gasteiger partial charge >= 0.3 is 0 Å². The van der Waals surface area contributed by atoms with Crippen molar-refractivity contribution >= 4 is 16.7 Å². The Labute approximate surface area is 160 Å². The largest absolute Gasteiger partial charge is 0.393 e. The van der Waals surface area contributed by atoms with Gasteiger partial charge in [0.25, 0.3) is 0 Å². The predicted octanol–water partition coefficient (Wildman–Crippen LogP) is 2.61. The van der Waals surface area contributed by atoms with Gasteiger partial charge in [0.1, 0.15) is 17.1 Å². The third-order valence-electron chi connectivity index (χ3n) is 5.89. The topological polar surface area (TPSA) is 85.1 Å². The van der Waals surface area contributed by atoms with E-state index in [1.807, 2.05) is 12.1 Å². The van der Waals surface area contributed by atoms with E-state index < -0.39 is 0 Å². The van der Waals surface area contributed by atoms with Crippen molar-refractivity contribution in [3.63, 3.8) is 0 Å². The Morgan fingerprint density at radius 2 is 1.81 bits per heavy atom. The van der Waals surface area contributed by atoms with Crippen LogP contribution in [0.3, 0.4) is 0 Å². The molecule has 1 aliphatic carbocycles. The summed E-state index contributed by atoms with van der Waals surface area (Å²) in [4.78, 5) is 11.3. The normalized spacial score (nSPS) is 28.9. The molecule has 142 valence electrons. The van der Waals surface area contributed by atoms with E-state index in [0.29, 0.717) is 29.1 Å². The van der Waals surface area contributed by atoms with E-state index in [1.165, 1.54) is 0 Å². The molecule has 6 heteroatoms. The van der Waals surface area contributed by atoms with Gasteiger partial charge in [-0.15, -0.1) is 0 Å². The molecule has 0 bridgehead atoms. The van der Waals surface area contributed by atoms with Crippen LogP contribution in [0.15, 0.2) is 24.5 Å². The molecule has 2 atom stereocenters. The first-order valence-corrected chi connectivity index (χ1v) is 9.97. The van der Waals surface area contributed by atoms with Gasteiger partial charge in [-0.3, -0.25) is 9.97 Å². The summed E-state index contributed by atoms with van der Waals surface area (Å²) in [6, 6.07) is 7.02. The van der Waals surface area contributed by atoms with Gasteiger partial charge in [0.05, 0.1) is 17.4 Å². The highest BCUT2D eigenvalue weighted by Gasteiger charge is 2.29. The Morgan fingerprint density at radius 3 is 2.56 bits per heavy atom. The van der Waals surface area contributed by atoms with E-state index in [1.54, 1.807) is 12.4 Å². The third-order valence-corrected chi connectivity index (χ3v) is 5.89. The van der Waals surface area contributed by atoms with Gasteiger partial charge in [0, 0.05) is 37.6 Å². The van der Waals surface area contributed by atoms with E-state index in [2.05, 4.69) is 33.2 Å². The Kier molecular flexibility index (Phi) is 5.24. The molecular formula is C21H27N5O. The molecular weight excluding hydrogens is 338 g/mol. The van der Waals surface area contributed by atoms with Crippen molar-refractivity contribution < 1.29 is 5.11 Å². The maximum atomic E-state index is 9.74. The molecule has 2 aliphatic rings. The lowest BCUT2D eigenvalue weighted by atomic mass is 9.90. The van der Waals surface area contributed by atoms with Gasteiger partial charge in [0.15, 0.2) is 0 Å². The lowest BCUT2D eigenvalue weighted by Crippen LogP contribution is -2.52. The van der Waals surface area contributed by atoms with Crippen molar-refractivity contribution in [1.29, 1.82) is 5.26 Å². The zero-order chi connectivity index (χ0) is 18.8. The number of hydrogen-bond acceptors (Lipinski definition) is 6. The molecule has 1 aliphatic heterocycles. The number of nitriles is 1. The quantitative estimate of drug-likeness (QED) is 0.870. The zero-order valence-corrected chi connectivity index (χ0v) is 15.8. The summed E-state index contributed by atoms with van der Waals surface area (Å²) in [5.74, 6) is 0.577. The number of nitrogens with one attached hydrogen (secondary N) is 1. The van der Waals surface area contributed by atoms with Crippen LogP contribution in [0.25, 0.3) is 11.0 Å². The van der Waals surface area contributed by atoms with Gasteiger partial charge in [-0.05, 0) is 50.2 Å². The lowest BCUT2D eigenvalue weighted by molar-refractivity contribution is 0.112. The highest BCUT2D eigenvalue weighted by Crippen LogP contribution is 2.30. The lowest BCUT2D eigenvalue weighted by Gasteiger charge is -2.41. The Bertz CT molecular complexity index is 840. The molecule has 27 heavy (non-hydrogen) atoms. The van der Waals surface area contributed by atoms with Crippen molar-refractivity contribution in [1.82, 2.24) is 15.3 Å². The standard InChI is InChI=1S/C21H27N5O/c1-14-10-17(25-16-3-5-18(27)6-4-16)13-26(12-14)19-7-2-15(11-22)20-21(19)24-9-8-23-20/h2,7-9,14,16-18,25,27H,3-6,10,12-13H2,1H3/t14-,16?,17+,18?/m0/s1. The number of anilines is 1. The molecule has 0 spiro atoms. The number of nitrogens with zero attached hydrogens (tertiary/aromatic N) is 4. The Balaban J connectivity index is 1.55. The molecule has 2 fully saturated rings. The van der Waals surface area contributed by atoms with Gasteiger partial charge < -0.3 is 15.3 Å². The van der Waals surface area contributed by atoms with Gasteiger partial charge in [-0.2, -0.15) is 5.26 Å². The van der Waals surface area contributed by atoms with Crippen molar-refractivity contribution in [2.24, 2.45) is 5.92 Å². The minimum atomic E-state index is -0.117. The van der Waals surface area contributed by atoms with Crippen LogP contribution in [0.1, 0.15) is 44.6 Å². The van der Waals surface area contributed by atoms with Gasteiger partial charge in [-0.25, -0.2) is 0 Å². The summed E-state index contributed by atoms with van der Waals surface area (Å²) in [5.41, 5.74) is 3.13. The molecule has 0 unspecified atom stereocenters. The van der Waals surface area contributed by atoms with Crippen molar-refractivity contribution in [3.05, 3.63) is 30.1 Å². The molecule has 1 saturated carbocycles. The van der Waals surface area contributed by atoms with Crippen LogP contribution in [0.2, 0.25) is 0 Å². The number of hydrogen-bond donors (Lipinski definition) is 2. The maximum absolute atomic E-state index is 9.74. The van der Waals surface area contributed by atoms with Crippen molar-refractivity contribution in [3.8, 4) is 6.07 Å². The fourth-order valence-corrected chi connectivity index (χ4v) is 4.63. The van der Waals surface area contributed by atoms with Gasteiger partial charge in [-0.1, -0.05) is 6.92 Å². The number of aromatic nitrogens is 2. The summed E-state index contributed by atoms with van der Waals surface area (Å²) in [6.07, 6.45) is 8.30. The fraction of sp³-hybridized carbons (Fsp3) is 0.571. The van der Waals surface area contributed by atoms with E-state index in [-0.39, 0.29) is 6.10 Å². The zero-order valence-electron chi connectivity index (χ0n) is 15.8. The predicted molar refractivity (Wildman–Crippen MR) is 105 cm³/mol. The minimum absolute atomic E-state index is 0.117. The Hall–Kier alpha value is -2.23. The van der Waals surface area contributed by atoms with Crippen LogP contribution in [-0.4, -0.2) is 46.4 Å². The van der Waals surface area contributed by atoms with Gasteiger partial charge in [0.2, 0.25) is 0 Å². The highest BCUT2D eigenvalue weighted by atomic mass is 16.3. The molecule has 6 nitrogen and oxygen atoms in total. The summed E-state index contributed by atoms with van der Waals surface area (Å²) < 4.78 is 0. The van der Waals surface area contributed by atoms with E-state index in [4.69, 9.17) is 0 Å². The smallest absolute Gasteiger partial charge is 0.113 e. The molecule has 1 aromatic heterocycles. The highest BCUT2D eigenvalue weighted by molar-refractivity contribution is 5.92. The second-order valence-corrected chi connectivity index (χ2v) is 8.11. The number of benzene rings is 1. The van der Waals surface area contributed by atoms with E-state index in [0.717, 1.165) is 56.4 Å². The maximum Gasteiger partial charge on any atom is 0.113 e. The number of fused-ring (bicyclic) bond motifs is 1. The SMILES string of the molecule is C[C@H]1C[C@@H](NC2CCC(O)CC2)CN(c2ccc(C#N)c3nccnc23)C1. The number of aliphatic hydroxyl groups is 1. The molecule has 2 heterocycles. The summed E-state index contributed by atoms with van der Waals surface area (Å²) >= 11 is 0. The van der Waals surface area contributed by atoms with Crippen molar-refractivity contribution in [2.45, 2.75) is 57.2 Å². The number of aliphatic hydroxyl groups excluding tert-OH is 1. The molecule has 2 aromatic rings. The van der Waals surface area contributed by atoms with Crippen LogP contribution >= 0.6 is 0 Å². The van der Waals surface area contributed by atoms with Crippen LogP contribution in [0.5, 0.6) is 0 Å². The van der Waals surface area contributed by atoms with Crippen LogP contribution < -0.4 is 10.2 Å². The number of rotatable bonds is 3. The van der Waals surface area contributed by atoms with Crippen molar-refractivity contribution in [2.75, 3.05) is 18.0 Å². The molecule has 1 aromatic carbocycles. The first-order valence-electron chi connectivity index (χ1n) is 9.97. The monoisotopic (exact) mass is 365 g/mol. The second-order valence-electron chi connectivity index (χ2n) is 8.11. The summed E-state index contributed by atoms with van der Waals surface area (Å²) in [7, 11) is 0.